The molecule has 1 saturated heterocycles. The Balaban J connectivity index is 1.70. The third kappa shape index (κ3) is 6.55. The number of ether oxygens (including phenoxy) is 2. The number of methoxy groups -OCH3 is 1. The van der Waals surface area contributed by atoms with Crippen LogP contribution in [0.2, 0.25) is 5.02 Å². The van der Waals surface area contributed by atoms with Gasteiger partial charge in [-0.15, -0.1) is 0 Å². The Labute approximate surface area is 229 Å². The van der Waals surface area contributed by atoms with Gasteiger partial charge in [0.15, 0.2) is 5.82 Å². The summed E-state index contributed by atoms with van der Waals surface area (Å²) in [7, 11) is 1.61. The minimum absolute atomic E-state index is 0.256. The van der Waals surface area contributed by atoms with Gasteiger partial charge >= 0.3 is 0 Å². The first-order chi connectivity index (χ1) is 18.1. The SMILES string of the molecule is COc1cc(Cl)cc(-c2nc(C)c(COc3cc(C(C)C)ccc3C)c(N3CCN(CC(N)=O)CC3)n2)c1. The largest absolute Gasteiger partial charge is 0.497 e. The van der Waals surface area contributed by atoms with Gasteiger partial charge in [0, 0.05) is 36.8 Å². The number of rotatable bonds is 9. The molecule has 0 radical (unpaired) electrons. The fraction of sp³-hybridized carbons (Fsp3) is 0.414. The number of piperazine rings is 1. The molecule has 0 saturated carbocycles. The quantitative estimate of drug-likeness (QED) is 0.421. The van der Waals surface area contributed by atoms with Gasteiger partial charge in [-0.3, -0.25) is 9.69 Å². The van der Waals surface area contributed by atoms with Crippen LogP contribution in [0.25, 0.3) is 11.4 Å². The maximum absolute atomic E-state index is 11.4. The van der Waals surface area contributed by atoms with Crippen molar-refractivity contribution in [1.29, 1.82) is 0 Å². The Bertz CT molecular complexity index is 1310. The number of hydrogen-bond donors (Lipinski definition) is 1. The van der Waals surface area contributed by atoms with E-state index in [9.17, 15) is 4.79 Å². The molecule has 0 spiro atoms. The van der Waals surface area contributed by atoms with Crippen LogP contribution in [0.4, 0.5) is 5.82 Å². The summed E-state index contributed by atoms with van der Waals surface area (Å²) in [6.45, 7) is 11.8. The summed E-state index contributed by atoms with van der Waals surface area (Å²) in [5.74, 6) is 2.98. The topological polar surface area (TPSA) is 93.8 Å². The van der Waals surface area contributed by atoms with Gasteiger partial charge < -0.3 is 20.1 Å². The van der Waals surface area contributed by atoms with E-state index in [1.54, 1.807) is 13.2 Å². The van der Waals surface area contributed by atoms with E-state index in [0.717, 1.165) is 34.0 Å². The molecule has 2 N–H and O–H groups in total. The molecule has 1 fully saturated rings. The highest BCUT2D eigenvalue weighted by molar-refractivity contribution is 6.31. The van der Waals surface area contributed by atoms with Crippen LogP contribution in [-0.4, -0.2) is 60.6 Å². The lowest BCUT2D eigenvalue weighted by Crippen LogP contribution is -2.49. The van der Waals surface area contributed by atoms with E-state index in [2.05, 4.69) is 48.8 Å². The van der Waals surface area contributed by atoms with Crippen molar-refractivity contribution in [2.45, 2.75) is 40.2 Å². The lowest BCUT2D eigenvalue weighted by atomic mass is 10.0. The fourth-order valence-electron chi connectivity index (χ4n) is 4.57. The second-order valence-corrected chi connectivity index (χ2v) is 10.4. The van der Waals surface area contributed by atoms with E-state index in [1.165, 1.54) is 5.56 Å². The fourth-order valence-corrected chi connectivity index (χ4v) is 4.79. The number of aryl methyl sites for hydroxylation is 2. The van der Waals surface area contributed by atoms with E-state index < -0.39 is 0 Å². The Morgan fingerprint density at radius 1 is 1.08 bits per heavy atom. The van der Waals surface area contributed by atoms with Gasteiger partial charge in [0.1, 0.15) is 23.9 Å². The smallest absolute Gasteiger partial charge is 0.231 e. The van der Waals surface area contributed by atoms with E-state index >= 15 is 0 Å². The zero-order chi connectivity index (χ0) is 27.4. The molecule has 38 heavy (non-hydrogen) atoms. The van der Waals surface area contributed by atoms with Crippen LogP contribution in [0.5, 0.6) is 11.5 Å². The van der Waals surface area contributed by atoms with Gasteiger partial charge in [-0.05, 0) is 55.2 Å². The molecule has 4 rings (SSSR count). The molecular formula is C29H36ClN5O3. The van der Waals surface area contributed by atoms with Crippen molar-refractivity contribution >= 4 is 23.3 Å². The number of aromatic nitrogens is 2. The summed E-state index contributed by atoms with van der Waals surface area (Å²) < 4.78 is 11.8. The summed E-state index contributed by atoms with van der Waals surface area (Å²) in [6, 6.07) is 11.8. The molecule has 0 aliphatic carbocycles. The summed E-state index contributed by atoms with van der Waals surface area (Å²) in [5.41, 5.74) is 10.3. The van der Waals surface area contributed by atoms with Crippen LogP contribution in [0.1, 0.15) is 42.1 Å². The lowest BCUT2D eigenvalue weighted by molar-refractivity contribution is -0.119. The number of primary amides is 1. The zero-order valence-corrected chi connectivity index (χ0v) is 23.5. The number of carbonyl (C=O) groups excluding carboxylic acids is 1. The van der Waals surface area contributed by atoms with Crippen LogP contribution in [0.3, 0.4) is 0 Å². The van der Waals surface area contributed by atoms with Gasteiger partial charge in [-0.1, -0.05) is 37.6 Å². The predicted octanol–water partition coefficient (Wildman–Crippen LogP) is 4.73. The molecule has 0 atom stereocenters. The molecular weight excluding hydrogens is 502 g/mol. The van der Waals surface area contributed by atoms with E-state index in [4.69, 9.17) is 36.8 Å². The monoisotopic (exact) mass is 537 g/mol. The number of halogens is 1. The number of nitrogens with two attached hydrogens (primary N) is 1. The van der Waals surface area contributed by atoms with Crippen molar-refractivity contribution in [1.82, 2.24) is 14.9 Å². The van der Waals surface area contributed by atoms with Crippen molar-refractivity contribution in [3.63, 3.8) is 0 Å². The number of hydrogen-bond acceptors (Lipinski definition) is 7. The van der Waals surface area contributed by atoms with Gasteiger partial charge in [-0.25, -0.2) is 9.97 Å². The molecule has 1 aliphatic heterocycles. The van der Waals surface area contributed by atoms with Crippen LogP contribution >= 0.6 is 11.6 Å². The van der Waals surface area contributed by atoms with Crippen molar-refractivity contribution in [3.05, 3.63) is 63.8 Å². The van der Waals surface area contributed by atoms with Crippen molar-refractivity contribution in [2.75, 3.05) is 44.7 Å². The van der Waals surface area contributed by atoms with Crippen molar-refractivity contribution in [2.24, 2.45) is 5.73 Å². The molecule has 8 nitrogen and oxygen atoms in total. The highest BCUT2D eigenvalue weighted by atomic mass is 35.5. The predicted molar refractivity (Wildman–Crippen MR) is 151 cm³/mol. The molecule has 1 aliphatic rings. The van der Waals surface area contributed by atoms with Crippen LogP contribution in [0, 0.1) is 13.8 Å². The highest BCUT2D eigenvalue weighted by Crippen LogP contribution is 2.32. The summed E-state index contributed by atoms with van der Waals surface area (Å²) in [5, 5.41) is 0.551. The molecule has 202 valence electrons. The molecule has 3 aromatic rings. The number of amides is 1. The van der Waals surface area contributed by atoms with Crippen LogP contribution in [0.15, 0.2) is 36.4 Å². The Morgan fingerprint density at radius 3 is 2.47 bits per heavy atom. The van der Waals surface area contributed by atoms with Crippen LogP contribution in [-0.2, 0) is 11.4 Å². The van der Waals surface area contributed by atoms with Gasteiger partial charge in [-0.2, -0.15) is 0 Å². The standard InChI is InChI=1S/C29H36ClN5O3/c1-18(2)21-7-6-19(3)26(14-21)38-17-25-20(4)32-28(22-12-23(30)15-24(13-22)37-5)33-29(25)35-10-8-34(9-11-35)16-27(31)36/h6-7,12-15,18H,8-11,16-17H2,1-5H3,(H2,31,36). The first-order valence-electron chi connectivity index (χ1n) is 12.9. The maximum atomic E-state index is 11.4. The molecule has 0 bridgehead atoms. The molecule has 1 amide bonds. The van der Waals surface area contributed by atoms with Crippen molar-refractivity contribution < 1.29 is 14.3 Å². The van der Waals surface area contributed by atoms with Gasteiger partial charge in [0.05, 0.1) is 24.9 Å². The molecule has 0 unspecified atom stereocenters. The number of carbonyl (C=O) groups is 1. The zero-order valence-electron chi connectivity index (χ0n) is 22.8. The number of anilines is 1. The molecule has 9 heteroatoms. The maximum Gasteiger partial charge on any atom is 0.231 e. The average molecular weight is 538 g/mol. The van der Waals surface area contributed by atoms with E-state index in [-0.39, 0.29) is 12.5 Å². The second-order valence-electron chi connectivity index (χ2n) is 10.0. The minimum Gasteiger partial charge on any atom is -0.497 e. The Morgan fingerprint density at radius 2 is 1.82 bits per heavy atom. The normalized spacial score (nSPS) is 14.1. The number of benzene rings is 2. The molecule has 2 aromatic carbocycles. The van der Waals surface area contributed by atoms with Crippen LogP contribution < -0.4 is 20.1 Å². The molecule has 2 heterocycles. The minimum atomic E-state index is -0.318. The summed E-state index contributed by atoms with van der Waals surface area (Å²) in [4.78, 5) is 25.6. The van der Waals surface area contributed by atoms with Crippen molar-refractivity contribution in [3.8, 4) is 22.9 Å². The van der Waals surface area contributed by atoms with E-state index in [1.807, 2.05) is 19.1 Å². The van der Waals surface area contributed by atoms with E-state index in [0.29, 0.717) is 55.3 Å². The van der Waals surface area contributed by atoms with Gasteiger partial charge in [0.2, 0.25) is 5.91 Å². The van der Waals surface area contributed by atoms with Gasteiger partial charge in [0.25, 0.3) is 0 Å². The first kappa shape index (κ1) is 27.7. The molecule has 1 aromatic heterocycles. The first-order valence-corrected chi connectivity index (χ1v) is 13.2. The summed E-state index contributed by atoms with van der Waals surface area (Å²) in [6.07, 6.45) is 0. The second kappa shape index (κ2) is 12.0. The average Bonchev–Trinajstić information content (AvgIpc) is 2.88. The summed E-state index contributed by atoms with van der Waals surface area (Å²) >= 11 is 6.35. The lowest BCUT2D eigenvalue weighted by Gasteiger charge is -2.36. The number of nitrogens with zero attached hydrogens (tertiary/aromatic N) is 4. The Kier molecular flexibility index (Phi) is 8.74. The third-order valence-corrected chi connectivity index (χ3v) is 7.08. The highest BCUT2D eigenvalue weighted by Gasteiger charge is 2.24. The third-order valence-electron chi connectivity index (χ3n) is 6.86. The Hall–Kier alpha value is -3.36.